The summed E-state index contributed by atoms with van der Waals surface area (Å²) in [6.07, 6.45) is 2.54. The summed E-state index contributed by atoms with van der Waals surface area (Å²) in [4.78, 5) is 0. The molecule has 108 valence electrons. The van der Waals surface area contributed by atoms with E-state index in [1.165, 1.54) is 5.56 Å². The summed E-state index contributed by atoms with van der Waals surface area (Å²) in [7, 11) is 1.62. The van der Waals surface area contributed by atoms with Crippen molar-refractivity contribution in [1.29, 1.82) is 0 Å². The van der Waals surface area contributed by atoms with Crippen LogP contribution in [0, 0.1) is 0 Å². The van der Waals surface area contributed by atoms with E-state index in [-0.39, 0.29) is 0 Å². The van der Waals surface area contributed by atoms with Crippen LogP contribution in [0.15, 0.2) is 18.2 Å². The topological polar surface area (TPSA) is 30.5 Å². The summed E-state index contributed by atoms with van der Waals surface area (Å²) in [5.41, 5.74) is 1.17. The zero-order valence-corrected chi connectivity index (χ0v) is 12.8. The number of hydrogen-bond acceptors (Lipinski definition) is 3. The van der Waals surface area contributed by atoms with Gasteiger partial charge in [0.1, 0.15) is 5.75 Å². The van der Waals surface area contributed by atoms with E-state index in [2.05, 4.69) is 19.2 Å². The normalized spacial score (nSPS) is 11.0. The van der Waals surface area contributed by atoms with Crippen molar-refractivity contribution in [3.63, 3.8) is 0 Å². The van der Waals surface area contributed by atoms with Gasteiger partial charge in [0, 0.05) is 13.2 Å². The van der Waals surface area contributed by atoms with Crippen molar-refractivity contribution in [3.05, 3.63) is 28.8 Å². The Morgan fingerprint density at radius 1 is 1.26 bits per heavy atom. The predicted molar refractivity (Wildman–Crippen MR) is 80.0 cm³/mol. The van der Waals surface area contributed by atoms with Gasteiger partial charge in [0.05, 0.1) is 18.2 Å². The summed E-state index contributed by atoms with van der Waals surface area (Å²) in [6, 6.07) is 5.87. The highest BCUT2D eigenvalue weighted by Gasteiger charge is 2.01. The number of hydrogen-bond donors (Lipinski definition) is 1. The number of halogens is 1. The zero-order chi connectivity index (χ0) is 14.1. The molecule has 1 rings (SSSR count). The van der Waals surface area contributed by atoms with E-state index in [1.54, 1.807) is 7.11 Å². The second-order valence-electron chi connectivity index (χ2n) is 4.77. The molecule has 1 aromatic carbocycles. The Kier molecular flexibility index (Phi) is 7.87. The van der Waals surface area contributed by atoms with E-state index in [0.29, 0.717) is 11.1 Å². The van der Waals surface area contributed by atoms with Crippen molar-refractivity contribution in [2.45, 2.75) is 39.3 Å². The number of rotatable bonds is 9. The maximum Gasteiger partial charge on any atom is 0.137 e. The molecule has 0 bridgehead atoms. The Bertz CT molecular complexity index is 369. The molecule has 0 fully saturated rings. The molecular formula is C15H24ClNO2. The van der Waals surface area contributed by atoms with Crippen molar-refractivity contribution >= 4 is 11.6 Å². The first-order valence-corrected chi connectivity index (χ1v) is 7.16. The lowest BCUT2D eigenvalue weighted by Gasteiger charge is -2.09. The van der Waals surface area contributed by atoms with Gasteiger partial charge in [-0.1, -0.05) is 17.7 Å². The lowest BCUT2D eigenvalue weighted by atomic mass is 10.2. The van der Waals surface area contributed by atoms with Gasteiger partial charge < -0.3 is 14.8 Å². The summed E-state index contributed by atoms with van der Waals surface area (Å²) in [5, 5.41) is 4.06. The predicted octanol–water partition coefficient (Wildman–Crippen LogP) is 3.64. The van der Waals surface area contributed by atoms with Gasteiger partial charge >= 0.3 is 0 Å². The van der Waals surface area contributed by atoms with Gasteiger partial charge in [-0.15, -0.1) is 0 Å². The van der Waals surface area contributed by atoms with Crippen LogP contribution >= 0.6 is 11.6 Å². The highest BCUT2D eigenvalue weighted by molar-refractivity contribution is 6.32. The van der Waals surface area contributed by atoms with Crippen LogP contribution in [0.25, 0.3) is 0 Å². The highest BCUT2D eigenvalue weighted by atomic mass is 35.5. The molecule has 0 saturated carbocycles. The van der Waals surface area contributed by atoms with Gasteiger partial charge in [0.25, 0.3) is 0 Å². The summed E-state index contributed by atoms with van der Waals surface area (Å²) in [6.45, 7) is 6.78. The number of unbranched alkanes of at least 4 members (excludes halogenated alkanes) is 1. The van der Waals surface area contributed by atoms with Crippen LogP contribution in [0.2, 0.25) is 5.02 Å². The molecule has 0 saturated heterocycles. The fourth-order valence-corrected chi connectivity index (χ4v) is 2.00. The van der Waals surface area contributed by atoms with E-state index < -0.39 is 0 Å². The SMILES string of the molecule is COc1ccc(CNCCCCOC(C)C)cc1Cl. The van der Waals surface area contributed by atoms with Crippen LogP contribution in [0.3, 0.4) is 0 Å². The number of methoxy groups -OCH3 is 1. The smallest absolute Gasteiger partial charge is 0.137 e. The average Bonchev–Trinajstić information content (AvgIpc) is 2.37. The molecule has 0 aliphatic heterocycles. The van der Waals surface area contributed by atoms with Gasteiger partial charge in [-0.05, 0) is 50.9 Å². The Morgan fingerprint density at radius 2 is 2.05 bits per heavy atom. The lowest BCUT2D eigenvalue weighted by Crippen LogP contribution is -2.15. The van der Waals surface area contributed by atoms with Crippen LogP contribution in [0.5, 0.6) is 5.75 Å². The molecule has 0 aliphatic rings. The monoisotopic (exact) mass is 285 g/mol. The molecule has 4 heteroatoms. The van der Waals surface area contributed by atoms with Crippen LogP contribution in [0.4, 0.5) is 0 Å². The zero-order valence-electron chi connectivity index (χ0n) is 12.0. The van der Waals surface area contributed by atoms with Crippen LogP contribution in [-0.4, -0.2) is 26.4 Å². The van der Waals surface area contributed by atoms with E-state index in [1.807, 2.05) is 18.2 Å². The first-order valence-electron chi connectivity index (χ1n) is 6.78. The Hall–Kier alpha value is -0.770. The third-order valence-electron chi connectivity index (χ3n) is 2.74. The third-order valence-corrected chi connectivity index (χ3v) is 3.04. The molecule has 0 heterocycles. The molecule has 0 amide bonds. The molecule has 0 radical (unpaired) electrons. The molecule has 0 aromatic heterocycles. The second kappa shape index (κ2) is 9.18. The molecule has 0 aliphatic carbocycles. The van der Waals surface area contributed by atoms with Crippen molar-refractivity contribution in [2.75, 3.05) is 20.3 Å². The number of benzene rings is 1. The third kappa shape index (κ3) is 6.81. The van der Waals surface area contributed by atoms with E-state index >= 15 is 0 Å². The number of ether oxygens (including phenoxy) is 2. The van der Waals surface area contributed by atoms with E-state index in [9.17, 15) is 0 Å². The number of nitrogens with one attached hydrogen (secondary N) is 1. The summed E-state index contributed by atoms with van der Waals surface area (Å²) >= 11 is 6.07. The summed E-state index contributed by atoms with van der Waals surface area (Å²) < 4.78 is 10.6. The first kappa shape index (κ1) is 16.3. The molecule has 0 atom stereocenters. The average molecular weight is 286 g/mol. The standard InChI is InChI=1S/C15H24ClNO2/c1-12(2)19-9-5-4-8-17-11-13-6-7-15(18-3)14(16)10-13/h6-7,10,12,17H,4-5,8-9,11H2,1-3H3. The Labute approximate surface area is 121 Å². The fourth-order valence-electron chi connectivity index (χ4n) is 1.72. The molecule has 1 N–H and O–H groups in total. The van der Waals surface area contributed by atoms with Crippen molar-refractivity contribution in [3.8, 4) is 5.75 Å². The van der Waals surface area contributed by atoms with Gasteiger partial charge in [0.2, 0.25) is 0 Å². The van der Waals surface area contributed by atoms with Crippen molar-refractivity contribution in [1.82, 2.24) is 5.32 Å². The molecule has 19 heavy (non-hydrogen) atoms. The molecule has 0 spiro atoms. The first-order chi connectivity index (χ1) is 9.13. The molecule has 0 unspecified atom stereocenters. The minimum Gasteiger partial charge on any atom is -0.495 e. The van der Waals surface area contributed by atoms with E-state index in [4.69, 9.17) is 21.1 Å². The lowest BCUT2D eigenvalue weighted by molar-refractivity contribution is 0.0760. The van der Waals surface area contributed by atoms with Crippen molar-refractivity contribution < 1.29 is 9.47 Å². The molecule has 3 nitrogen and oxygen atoms in total. The van der Waals surface area contributed by atoms with Gasteiger partial charge in [-0.25, -0.2) is 0 Å². The van der Waals surface area contributed by atoms with Crippen LogP contribution < -0.4 is 10.1 Å². The fraction of sp³-hybridized carbons (Fsp3) is 0.600. The van der Waals surface area contributed by atoms with E-state index in [0.717, 1.165) is 38.3 Å². The van der Waals surface area contributed by atoms with Crippen molar-refractivity contribution in [2.24, 2.45) is 0 Å². The largest absolute Gasteiger partial charge is 0.495 e. The van der Waals surface area contributed by atoms with Gasteiger partial charge in [-0.3, -0.25) is 0 Å². The minimum absolute atomic E-state index is 0.328. The Morgan fingerprint density at radius 3 is 2.68 bits per heavy atom. The van der Waals surface area contributed by atoms with Crippen LogP contribution in [0.1, 0.15) is 32.3 Å². The maximum atomic E-state index is 6.07. The van der Waals surface area contributed by atoms with Gasteiger partial charge in [0.15, 0.2) is 0 Å². The molecular weight excluding hydrogens is 262 g/mol. The van der Waals surface area contributed by atoms with Crippen LogP contribution in [-0.2, 0) is 11.3 Å². The molecule has 1 aromatic rings. The van der Waals surface area contributed by atoms with Gasteiger partial charge in [-0.2, -0.15) is 0 Å². The summed E-state index contributed by atoms with van der Waals surface area (Å²) in [5.74, 6) is 0.719. The highest BCUT2D eigenvalue weighted by Crippen LogP contribution is 2.24. The second-order valence-corrected chi connectivity index (χ2v) is 5.18. The quantitative estimate of drug-likeness (QED) is 0.703. The maximum absolute atomic E-state index is 6.07. The Balaban J connectivity index is 2.14. The minimum atomic E-state index is 0.328.